The van der Waals surface area contributed by atoms with Crippen molar-refractivity contribution in [3.8, 4) is 5.75 Å². The van der Waals surface area contributed by atoms with Crippen molar-refractivity contribution in [2.24, 2.45) is 0 Å². The Morgan fingerprint density at radius 2 is 1.79 bits per heavy atom. The molecule has 2 amide bonds. The zero-order chi connectivity index (χ0) is 23.4. The van der Waals surface area contributed by atoms with Crippen LogP contribution in [0.4, 0.5) is 10.1 Å². The summed E-state index contributed by atoms with van der Waals surface area (Å²) >= 11 is 0. The van der Waals surface area contributed by atoms with Gasteiger partial charge < -0.3 is 15.0 Å². The van der Waals surface area contributed by atoms with E-state index in [0.717, 1.165) is 11.4 Å². The van der Waals surface area contributed by atoms with Gasteiger partial charge in [0.1, 0.15) is 11.6 Å². The van der Waals surface area contributed by atoms with Gasteiger partial charge in [-0.05, 0) is 56.2 Å². The summed E-state index contributed by atoms with van der Waals surface area (Å²) in [7, 11) is 1.58. The summed E-state index contributed by atoms with van der Waals surface area (Å²) < 4.78 is 19.3. The van der Waals surface area contributed by atoms with Crippen LogP contribution in [0.1, 0.15) is 50.9 Å². The molecular weight excluding hydrogens is 421 g/mol. The second-order valence-corrected chi connectivity index (χ2v) is 8.12. The number of halogens is 1. The molecule has 1 saturated heterocycles. The molecule has 3 aromatic rings. The summed E-state index contributed by atoms with van der Waals surface area (Å²) in [5, 5.41) is 2.92. The second kappa shape index (κ2) is 9.81. The fourth-order valence-electron chi connectivity index (χ4n) is 4.14. The average Bonchev–Trinajstić information content (AvgIpc) is 2.84. The van der Waals surface area contributed by atoms with E-state index in [-0.39, 0.29) is 23.3 Å². The van der Waals surface area contributed by atoms with Crippen LogP contribution >= 0.6 is 0 Å². The summed E-state index contributed by atoms with van der Waals surface area (Å²) in [6, 6.07) is 16.8. The lowest BCUT2D eigenvalue weighted by molar-refractivity contribution is 0.0706. The molecule has 1 aliphatic heterocycles. The highest BCUT2D eigenvalue weighted by Gasteiger charge is 2.29. The van der Waals surface area contributed by atoms with Crippen LogP contribution in [-0.4, -0.2) is 41.9 Å². The molecule has 0 unspecified atom stereocenters. The quantitative estimate of drug-likeness (QED) is 0.609. The van der Waals surface area contributed by atoms with Crippen molar-refractivity contribution < 1.29 is 18.7 Å². The first-order chi connectivity index (χ1) is 16.0. The Bertz CT molecular complexity index is 1170. The molecule has 0 spiro atoms. The number of aromatic nitrogens is 1. The van der Waals surface area contributed by atoms with Crippen molar-refractivity contribution in [3.63, 3.8) is 0 Å². The summed E-state index contributed by atoms with van der Waals surface area (Å²) in [5.74, 6) is -0.376. The highest BCUT2D eigenvalue weighted by Crippen LogP contribution is 2.31. The number of hydrogen-bond donors (Lipinski definition) is 1. The standard InChI is InChI=1S/C26H26FN3O3/c1-17-10-11-22(25(31)29-19-6-5-7-20(16-19)33-2)24(28-17)18-12-14-30(15-13-18)26(32)21-8-3-4-9-23(21)27/h3-11,16,18H,12-15H2,1-2H3,(H,29,31). The smallest absolute Gasteiger partial charge is 0.257 e. The third-order valence-electron chi connectivity index (χ3n) is 5.91. The van der Waals surface area contributed by atoms with Crippen LogP contribution in [0.3, 0.4) is 0 Å². The molecule has 7 heteroatoms. The predicted octanol–water partition coefficient (Wildman–Crippen LogP) is 4.81. The SMILES string of the molecule is COc1cccc(NC(=O)c2ccc(C)nc2C2CCN(C(=O)c3ccccc3F)CC2)c1. The maximum absolute atomic E-state index is 14.0. The van der Waals surface area contributed by atoms with Crippen LogP contribution in [0.15, 0.2) is 60.7 Å². The lowest BCUT2D eigenvalue weighted by atomic mass is 9.89. The van der Waals surface area contributed by atoms with Gasteiger partial charge in [-0.2, -0.15) is 0 Å². The number of nitrogens with zero attached hydrogens (tertiary/aromatic N) is 2. The minimum absolute atomic E-state index is 0.0284. The van der Waals surface area contributed by atoms with Crippen LogP contribution in [0.25, 0.3) is 0 Å². The first-order valence-corrected chi connectivity index (χ1v) is 10.9. The number of amides is 2. The van der Waals surface area contributed by atoms with Gasteiger partial charge in [-0.3, -0.25) is 14.6 Å². The van der Waals surface area contributed by atoms with Crippen molar-refractivity contribution in [3.05, 3.63) is 89.0 Å². The Labute approximate surface area is 192 Å². The van der Waals surface area contributed by atoms with Crippen LogP contribution in [0, 0.1) is 12.7 Å². The first kappa shape index (κ1) is 22.5. The highest BCUT2D eigenvalue weighted by molar-refractivity contribution is 6.05. The van der Waals surface area contributed by atoms with Gasteiger partial charge in [0.05, 0.1) is 23.9 Å². The number of aryl methyl sites for hydroxylation is 1. The summed E-state index contributed by atoms with van der Waals surface area (Å²) in [6.45, 7) is 2.85. The molecule has 1 aromatic heterocycles. The molecule has 2 aromatic carbocycles. The molecule has 1 fully saturated rings. The molecular formula is C26H26FN3O3. The third kappa shape index (κ3) is 5.03. The van der Waals surface area contributed by atoms with Crippen LogP contribution < -0.4 is 10.1 Å². The number of benzene rings is 2. The molecule has 0 aliphatic carbocycles. The molecule has 0 radical (unpaired) electrons. The summed E-state index contributed by atoms with van der Waals surface area (Å²) in [6.07, 6.45) is 1.30. The monoisotopic (exact) mass is 447 g/mol. The Balaban J connectivity index is 1.49. The molecule has 1 aliphatic rings. The number of ether oxygens (including phenoxy) is 1. The van der Waals surface area contributed by atoms with E-state index in [0.29, 0.717) is 42.9 Å². The van der Waals surface area contributed by atoms with Gasteiger partial charge in [0, 0.05) is 36.5 Å². The van der Waals surface area contributed by atoms with Crippen molar-refractivity contribution in [1.82, 2.24) is 9.88 Å². The molecule has 0 bridgehead atoms. The minimum Gasteiger partial charge on any atom is -0.497 e. The van der Waals surface area contributed by atoms with E-state index in [1.807, 2.05) is 25.1 Å². The Kier molecular flexibility index (Phi) is 6.68. The Hall–Kier alpha value is -3.74. The Morgan fingerprint density at radius 1 is 1.03 bits per heavy atom. The van der Waals surface area contributed by atoms with Gasteiger partial charge in [-0.1, -0.05) is 18.2 Å². The average molecular weight is 448 g/mol. The van der Waals surface area contributed by atoms with E-state index in [2.05, 4.69) is 10.3 Å². The predicted molar refractivity (Wildman–Crippen MR) is 124 cm³/mol. The zero-order valence-corrected chi connectivity index (χ0v) is 18.7. The zero-order valence-electron chi connectivity index (χ0n) is 18.7. The van der Waals surface area contributed by atoms with Crippen molar-refractivity contribution in [1.29, 1.82) is 0 Å². The number of carbonyl (C=O) groups excluding carboxylic acids is 2. The van der Waals surface area contributed by atoms with Crippen molar-refractivity contribution in [2.75, 3.05) is 25.5 Å². The number of hydrogen-bond acceptors (Lipinski definition) is 4. The first-order valence-electron chi connectivity index (χ1n) is 10.9. The number of rotatable bonds is 5. The van der Waals surface area contributed by atoms with Crippen molar-refractivity contribution in [2.45, 2.75) is 25.7 Å². The maximum atomic E-state index is 14.0. The topological polar surface area (TPSA) is 71.5 Å². The number of anilines is 1. The summed E-state index contributed by atoms with van der Waals surface area (Å²) in [5.41, 5.74) is 2.79. The van der Waals surface area contributed by atoms with Gasteiger partial charge in [0.15, 0.2) is 0 Å². The van der Waals surface area contributed by atoms with E-state index < -0.39 is 5.82 Å². The largest absolute Gasteiger partial charge is 0.497 e. The number of carbonyl (C=O) groups is 2. The van der Waals surface area contributed by atoms with Gasteiger partial charge in [-0.15, -0.1) is 0 Å². The van der Waals surface area contributed by atoms with Crippen molar-refractivity contribution >= 4 is 17.5 Å². The van der Waals surface area contributed by atoms with Gasteiger partial charge >= 0.3 is 0 Å². The van der Waals surface area contributed by atoms with Gasteiger partial charge in [0.2, 0.25) is 0 Å². The number of pyridine rings is 1. The third-order valence-corrected chi connectivity index (χ3v) is 5.91. The molecule has 0 saturated carbocycles. The minimum atomic E-state index is -0.513. The van der Waals surface area contributed by atoms with Gasteiger partial charge in [-0.25, -0.2) is 4.39 Å². The fourth-order valence-corrected chi connectivity index (χ4v) is 4.14. The number of likely N-dealkylation sites (tertiary alicyclic amines) is 1. The normalized spacial score (nSPS) is 14.1. The molecule has 2 heterocycles. The summed E-state index contributed by atoms with van der Waals surface area (Å²) in [4.78, 5) is 32.2. The van der Waals surface area contributed by atoms with E-state index in [1.54, 1.807) is 42.3 Å². The number of methoxy groups -OCH3 is 1. The number of nitrogens with one attached hydrogen (secondary N) is 1. The molecule has 1 N–H and O–H groups in total. The van der Waals surface area contributed by atoms with Gasteiger partial charge in [0.25, 0.3) is 11.8 Å². The van der Waals surface area contributed by atoms with E-state index in [4.69, 9.17) is 4.74 Å². The lowest BCUT2D eigenvalue weighted by Gasteiger charge is -2.32. The molecule has 170 valence electrons. The van der Waals surface area contributed by atoms with Crippen LogP contribution in [0.5, 0.6) is 5.75 Å². The Morgan fingerprint density at radius 3 is 2.52 bits per heavy atom. The fraction of sp³-hybridized carbons (Fsp3) is 0.269. The molecule has 6 nitrogen and oxygen atoms in total. The highest BCUT2D eigenvalue weighted by atomic mass is 19.1. The lowest BCUT2D eigenvalue weighted by Crippen LogP contribution is -2.38. The second-order valence-electron chi connectivity index (χ2n) is 8.12. The molecule has 0 atom stereocenters. The van der Waals surface area contributed by atoms with E-state index >= 15 is 0 Å². The van der Waals surface area contributed by atoms with Crippen LogP contribution in [0.2, 0.25) is 0 Å². The maximum Gasteiger partial charge on any atom is 0.257 e. The number of piperidine rings is 1. The van der Waals surface area contributed by atoms with Crippen LogP contribution in [-0.2, 0) is 0 Å². The van der Waals surface area contributed by atoms with E-state index in [1.165, 1.54) is 12.1 Å². The molecule has 4 rings (SSSR count). The molecule has 33 heavy (non-hydrogen) atoms. The van der Waals surface area contributed by atoms with E-state index in [9.17, 15) is 14.0 Å².